The van der Waals surface area contributed by atoms with Gasteiger partial charge in [0.15, 0.2) is 11.7 Å². The molecular weight excluding hydrogens is 395 g/mol. The Balaban J connectivity index is 1.58. The smallest absolute Gasteiger partial charge is 0.264 e. The van der Waals surface area contributed by atoms with Crippen molar-refractivity contribution in [2.45, 2.75) is 0 Å². The van der Waals surface area contributed by atoms with E-state index >= 15 is 0 Å². The Bertz CT molecular complexity index is 913. The molecule has 1 aromatic heterocycles. The third-order valence-electron chi connectivity index (χ3n) is 3.39. The normalized spacial score (nSPS) is 10.4. The number of rotatable bonds is 6. The largest absolute Gasteiger partial charge is 0.497 e. The molecule has 0 bridgehead atoms. The van der Waals surface area contributed by atoms with Crippen LogP contribution >= 0.6 is 34.5 Å². The molecule has 0 saturated carbocycles. The molecule has 0 spiro atoms. The van der Waals surface area contributed by atoms with Crippen LogP contribution in [0.3, 0.4) is 0 Å². The highest BCUT2D eigenvalue weighted by Crippen LogP contribution is 2.28. The molecule has 26 heavy (non-hydrogen) atoms. The van der Waals surface area contributed by atoms with Crippen molar-refractivity contribution in [3.63, 3.8) is 0 Å². The van der Waals surface area contributed by atoms with Gasteiger partial charge in [-0.05, 0) is 42.5 Å². The molecule has 0 saturated heterocycles. The van der Waals surface area contributed by atoms with E-state index in [1.807, 2.05) is 29.6 Å². The van der Waals surface area contributed by atoms with Gasteiger partial charge in [0, 0.05) is 16.0 Å². The molecule has 3 rings (SSSR count). The molecule has 0 atom stereocenters. The van der Waals surface area contributed by atoms with Gasteiger partial charge in [-0.15, -0.1) is 11.3 Å². The van der Waals surface area contributed by atoms with E-state index in [0.29, 0.717) is 20.9 Å². The van der Waals surface area contributed by atoms with E-state index in [4.69, 9.17) is 32.7 Å². The lowest BCUT2D eigenvalue weighted by Crippen LogP contribution is -2.20. The minimum Gasteiger partial charge on any atom is -0.497 e. The van der Waals surface area contributed by atoms with Crippen molar-refractivity contribution in [3.8, 4) is 22.8 Å². The van der Waals surface area contributed by atoms with E-state index in [1.54, 1.807) is 25.3 Å². The fourth-order valence-corrected chi connectivity index (χ4v) is 3.32. The zero-order valence-corrected chi connectivity index (χ0v) is 16.0. The third-order valence-corrected chi connectivity index (χ3v) is 4.68. The number of carbonyl (C=O) groups excluding carboxylic acids is 1. The van der Waals surface area contributed by atoms with Gasteiger partial charge in [-0.3, -0.25) is 10.1 Å². The van der Waals surface area contributed by atoms with E-state index in [2.05, 4.69) is 10.3 Å². The summed E-state index contributed by atoms with van der Waals surface area (Å²) in [4.78, 5) is 16.4. The minimum atomic E-state index is -0.327. The molecule has 1 heterocycles. The lowest BCUT2D eigenvalue weighted by atomic mass is 10.2. The van der Waals surface area contributed by atoms with Crippen molar-refractivity contribution in [1.29, 1.82) is 0 Å². The molecule has 0 aliphatic rings. The monoisotopic (exact) mass is 408 g/mol. The van der Waals surface area contributed by atoms with Crippen molar-refractivity contribution in [3.05, 3.63) is 57.9 Å². The number of hydrogen-bond donors (Lipinski definition) is 1. The van der Waals surface area contributed by atoms with E-state index in [-0.39, 0.29) is 12.5 Å². The summed E-state index contributed by atoms with van der Waals surface area (Å²) >= 11 is 13.2. The standard InChI is InChI=1S/C18H14Cl2N2O3S/c1-24-13-5-2-11(3-6-13)15-10-26-18(21-15)22-17(23)9-25-16-7-4-12(19)8-14(16)20/h2-8,10H,9H2,1H3,(H,21,22,23). The molecule has 0 radical (unpaired) electrons. The van der Waals surface area contributed by atoms with Gasteiger partial charge >= 0.3 is 0 Å². The average molecular weight is 409 g/mol. The van der Waals surface area contributed by atoms with Crippen molar-refractivity contribution < 1.29 is 14.3 Å². The van der Waals surface area contributed by atoms with Crippen LogP contribution in [0.2, 0.25) is 10.0 Å². The van der Waals surface area contributed by atoms with Crippen LogP contribution in [0.5, 0.6) is 11.5 Å². The molecule has 5 nitrogen and oxygen atoms in total. The molecule has 0 aliphatic carbocycles. The van der Waals surface area contributed by atoms with Crippen molar-refractivity contribution in [2.24, 2.45) is 0 Å². The van der Waals surface area contributed by atoms with E-state index in [9.17, 15) is 4.79 Å². The Kier molecular flexibility index (Phi) is 5.98. The Morgan fingerprint density at radius 3 is 2.65 bits per heavy atom. The Hall–Kier alpha value is -2.28. The van der Waals surface area contributed by atoms with Crippen LogP contribution in [0.1, 0.15) is 0 Å². The van der Waals surface area contributed by atoms with E-state index < -0.39 is 0 Å². The zero-order valence-electron chi connectivity index (χ0n) is 13.7. The van der Waals surface area contributed by atoms with Crippen molar-refractivity contribution in [1.82, 2.24) is 4.98 Å². The Morgan fingerprint density at radius 2 is 1.96 bits per heavy atom. The van der Waals surface area contributed by atoms with Gasteiger partial charge in [0.05, 0.1) is 17.8 Å². The number of aromatic nitrogens is 1. The maximum Gasteiger partial charge on any atom is 0.264 e. The van der Waals surface area contributed by atoms with Crippen molar-refractivity contribution in [2.75, 3.05) is 19.0 Å². The highest BCUT2D eigenvalue weighted by atomic mass is 35.5. The van der Waals surface area contributed by atoms with E-state index in [0.717, 1.165) is 17.0 Å². The lowest BCUT2D eigenvalue weighted by Gasteiger charge is -2.07. The first-order valence-electron chi connectivity index (χ1n) is 7.53. The Labute approximate surface area is 164 Å². The third kappa shape index (κ3) is 4.66. The van der Waals surface area contributed by atoms with Crippen molar-refractivity contribution >= 4 is 45.6 Å². The molecule has 1 N–H and O–H groups in total. The second-order valence-electron chi connectivity index (χ2n) is 5.18. The maximum absolute atomic E-state index is 12.0. The first-order chi connectivity index (χ1) is 12.5. The molecule has 0 unspecified atom stereocenters. The van der Waals surface area contributed by atoms with Crippen LogP contribution in [0.4, 0.5) is 5.13 Å². The predicted octanol–water partition coefficient (Wildman–Crippen LogP) is 5.14. The molecule has 2 aromatic carbocycles. The van der Waals surface area contributed by atoms with Gasteiger partial charge in [0.2, 0.25) is 0 Å². The fourth-order valence-electron chi connectivity index (χ4n) is 2.12. The fraction of sp³-hybridized carbons (Fsp3) is 0.111. The highest BCUT2D eigenvalue weighted by molar-refractivity contribution is 7.14. The van der Waals surface area contributed by atoms with Gasteiger partial charge in [-0.1, -0.05) is 23.2 Å². The summed E-state index contributed by atoms with van der Waals surface area (Å²) in [5, 5.41) is 5.92. The van der Waals surface area contributed by atoms with Crippen LogP contribution < -0.4 is 14.8 Å². The van der Waals surface area contributed by atoms with Gasteiger partial charge < -0.3 is 9.47 Å². The quantitative estimate of drug-likeness (QED) is 0.612. The van der Waals surface area contributed by atoms with Crippen LogP contribution in [-0.4, -0.2) is 24.6 Å². The zero-order chi connectivity index (χ0) is 18.5. The van der Waals surface area contributed by atoms with Gasteiger partial charge in [-0.25, -0.2) is 4.98 Å². The van der Waals surface area contributed by atoms with Gasteiger partial charge in [0.1, 0.15) is 11.5 Å². The summed E-state index contributed by atoms with van der Waals surface area (Å²) in [6.45, 7) is -0.182. The number of nitrogens with zero attached hydrogens (tertiary/aromatic N) is 1. The molecule has 3 aromatic rings. The summed E-state index contributed by atoms with van der Waals surface area (Å²) < 4.78 is 10.5. The number of thiazole rings is 1. The summed E-state index contributed by atoms with van der Waals surface area (Å²) in [6, 6.07) is 12.3. The molecule has 134 valence electrons. The number of ether oxygens (including phenoxy) is 2. The first-order valence-corrected chi connectivity index (χ1v) is 9.16. The lowest BCUT2D eigenvalue weighted by molar-refractivity contribution is -0.118. The Morgan fingerprint density at radius 1 is 1.19 bits per heavy atom. The van der Waals surface area contributed by atoms with Gasteiger partial charge in [0.25, 0.3) is 5.91 Å². The number of benzene rings is 2. The molecule has 0 fully saturated rings. The second kappa shape index (κ2) is 8.40. The van der Waals surface area contributed by atoms with Crippen LogP contribution in [0.15, 0.2) is 47.8 Å². The van der Waals surface area contributed by atoms with Crippen LogP contribution in [0.25, 0.3) is 11.3 Å². The maximum atomic E-state index is 12.0. The molecule has 8 heteroatoms. The summed E-state index contributed by atoms with van der Waals surface area (Å²) in [6.07, 6.45) is 0. The highest BCUT2D eigenvalue weighted by Gasteiger charge is 2.10. The molecule has 1 amide bonds. The number of nitrogens with one attached hydrogen (secondary N) is 1. The SMILES string of the molecule is COc1ccc(-c2csc(NC(=O)COc3ccc(Cl)cc3Cl)n2)cc1. The van der Waals surface area contributed by atoms with E-state index in [1.165, 1.54) is 11.3 Å². The molecular formula is C18H14Cl2N2O3S. The second-order valence-corrected chi connectivity index (χ2v) is 6.88. The average Bonchev–Trinajstić information content (AvgIpc) is 3.09. The number of halogens is 2. The summed E-state index contributed by atoms with van der Waals surface area (Å²) in [5.41, 5.74) is 1.71. The van der Waals surface area contributed by atoms with Crippen LogP contribution in [0, 0.1) is 0 Å². The van der Waals surface area contributed by atoms with Crippen LogP contribution in [-0.2, 0) is 4.79 Å². The van der Waals surface area contributed by atoms with Gasteiger partial charge in [-0.2, -0.15) is 0 Å². The first kappa shape index (κ1) is 18.5. The number of carbonyl (C=O) groups is 1. The number of amides is 1. The summed E-state index contributed by atoms with van der Waals surface area (Å²) in [7, 11) is 1.62. The number of hydrogen-bond acceptors (Lipinski definition) is 5. The minimum absolute atomic E-state index is 0.182. The topological polar surface area (TPSA) is 60.5 Å². The number of anilines is 1. The summed E-state index contributed by atoms with van der Waals surface area (Å²) in [5.74, 6) is 0.839. The predicted molar refractivity (Wildman–Crippen MR) is 105 cm³/mol. The number of methoxy groups -OCH3 is 1. The molecule has 0 aliphatic heterocycles.